The summed E-state index contributed by atoms with van der Waals surface area (Å²) in [4.78, 5) is 25.2. The molecule has 0 spiro atoms. The first-order valence-corrected chi connectivity index (χ1v) is 12.0. The molecule has 0 saturated heterocycles. The van der Waals surface area contributed by atoms with E-state index in [9.17, 15) is 9.18 Å². The summed E-state index contributed by atoms with van der Waals surface area (Å²) in [6, 6.07) is 14.8. The number of benzene rings is 3. The number of carbonyl (C=O) groups excluding carboxylic acids is 1. The molecule has 0 radical (unpaired) electrons. The van der Waals surface area contributed by atoms with Crippen molar-refractivity contribution in [3.05, 3.63) is 99.6 Å². The number of carbonyl (C=O) groups is 1. The predicted octanol–water partition coefficient (Wildman–Crippen LogP) is 5.47. The van der Waals surface area contributed by atoms with Crippen molar-refractivity contribution < 1.29 is 13.9 Å². The number of hydrogen-bond donors (Lipinski definition) is 2. The molecule has 0 aliphatic rings. The van der Waals surface area contributed by atoms with Gasteiger partial charge in [0.2, 0.25) is 0 Å². The van der Waals surface area contributed by atoms with Gasteiger partial charge in [0.05, 0.1) is 45.4 Å². The van der Waals surface area contributed by atoms with Gasteiger partial charge in [-0.05, 0) is 48.9 Å². The van der Waals surface area contributed by atoms with Gasteiger partial charge in [0.1, 0.15) is 29.5 Å². The number of aryl methyl sites for hydroxylation is 1. The molecule has 1 atom stereocenters. The molecule has 3 aromatic carbocycles. The zero-order chi connectivity index (χ0) is 26.1. The molecule has 5 rings (SSSR count). The van der Waals surface area contributed by atoms with Crippen molar-refractivity contribution in [3.8, 4) is 11.4 Å². The Kier molecular flexibility index (Phi) is 6.82. The van der Waals surface area contributed by atoms with Crippen LogP contribution in [0.5, 0.6) is 5.75 Å². The van der Waals surface area contributed by atoms with Gasteiger partial charge in [0, 0.05) is 12.6 Å². The number of nitrogens with zero attached hydrogens (tertiary/aromatic N) is 4. The van der Waals surface area contributed by atoms with Crippen LogP contribution in [0.3, 0.4) is 0 Å². The zero-order valence-corrected chi connectivity index (χ0v) is 21.3. The van der Waals surface area contributed by atoms with Crippen molar-refractivity contribution in [1.82, 2.24) is 30.0 Å². The smallest absolute Gasteiger partial charge is 0.254 e. The molecule has 2 N–H and O–H groups in total. The highest BCUT2D eigenvalue weighted by Crippen LogP contribution is 2.30. The van der Waals surface area contributed by atoms with Crippen LogP contribution in [-0.4, -0.2) is 44.3 Å². The SMILES string of the molecule is COc1ccc2nc(C(CNC(=O)c3c(Cl)cc(-n4cnc(C)n4)cc3Cl)c3cccc(F)c3)[nH]c2c1. The number of imidazole rings is 1. The Balaban J connectivity index is 1.44. The molecular weight excluding hydrogens is 518 g/mol. The normalized spacial score (nSPS) is 12.0. The van der Waals surface area contributed by atoms with Crippen molar-refractivity contribution in [2.24, 2.45) is 0 Å². The molecule has 0 aliphatic heterocycles. The predicted molar refractivity (Wildman–Crippen MR) is 139 cm³/mol. The third kappa shape index (κ3) is 5.14. The topological polar surface area (TPSA) is 97.7 Å². The Labute approximate surface area is 221 Å². The number of nitrogens with one attached hydrogen (secondary N) is 2. The second-order valence-electron chi connectivity index (χ2n) is 8.34. The Bertz CT molecular complexity index is 1590. The molecule has 0 bridgehead atoms. The van der Waals surface area contributed by atoms with E-state index < -0.39 is 17.6 Å². The summed E-state index contributed by atoms with van der Waals surface area (Å²) in [5.74, 6) is 0.469. The first-order valence-electron chi connectivity index (χ1n) is 11.3. The molecule has 2 aromatic heterocycles. The lowest BCUT2D eigenvalue weighted by molar-refractivity contribution is 0.0952. The van der Waals surface area contributed by atoms with Gasteiger partial charge in [-0.2, -0.15) is 5.10 Å². The molecule has 1 amide bonds. The number of halogens is 3. The molecule has 0 saturated carbocycles. The summed E-state index contributed by atoms with van der Waals surface area (Å²) in [5, 5.41) is 7.43. The van der Waals surface area contributed by atoms with Crippen molar-refractivity contribution in [3.63, 3.8) is 0 Å². The van der Waals surface area contributed by atoms with E-state index in [1.807, 2.05) is 12.1 Å². The number of rotatable bonds is 7. The second-order valence-corrected chi connectivity index (χ2v) is 9.16. The van der Waals surface area contributed by atoms with Crippen molar-refractivity contribution in [1.29, 1.82) is 0 Å². The molecule has 11 heteroatoms. The molecule has 8 nitrogen and oxygen atoms in total. The fourth-order valence-corrected chi connectivity index (χ4v) is 4.71. The molecule has 37 heavy (non-hydrogen) atoms. The highest BCUT2D eigenvalue weighted by atomic mass is 35.5. The summed E-state index contributed by atoms with van der Waals surface area (Å²) in [7, 11) is 1.58. The van der Waals surface area contributed by atoms with E-state index in [0.717, 1.165) is 5.52 Å². The zero-order valence-electron chi connectivity index (χ0n) is 19.8. The van der Waals surface area contributed by atoms with Crippen molar-refractivity contribution in [2.75, 3.05) is 13.7 Å². The van der Waals surface area contributed by atoms with Gasteiger partial charge in [-0.3, -0.25) is 4.79 Å². The van der Waals surface area contributed by atoms with E-state index >= 15 is 0 Å². The summed E-state index contributed by atoms with van der Waals surface area (Å²) >= 11 is 12.9. The van der Waals surface area contributed by atoms with Crippen molar-refractivity contribution >= 4 is 40.1 Å². The molecule has 188 valence electrons. The lowest BCUT2D eigenvalue weighted by Gasteiger charge is -2.17. The van der Waals surface area contributed by atoms with Crippen LogP contribution in [-0.2, 0) is 0 Å². The highest BCUT2D eigenvalue weighted by Gasteiger charge is 2.23. The number of aromatic nitrogens is 5. The molecule has 0 fully saturated rings. The number of H-pyrrole nitrogens is 1. The van der Waals surface area contributed by atoms with Gasteiger partial charge >= 0.3 is 0 Å². The van der Waals surface area contributed by atoms with Gasteiger partial charge in [0.15, 0.2) is 0 Å². The van der Waals surface area contributed by atoms with E-state index in [0.29, 0.717) is 34.2 Å². The maximum atomic E-state index is 14.1. The van der Waals surface area contributed by atoms with E-state index in [2.05, 4.69) is 25.4 Å². The Hall–Kier alpha value is -3.95. The van der Waals surface area contributed by atoms with Crippen LogP contribution in [0.2, 0.25) is 10.0 Å². The van der Waals surface area contributed by atoms with Crippen molar-refractivity contribution in [2.45, 2.75) is 12.8 Å². The summed E-state index contributed by atoms with van der Waals surface area (Å²) in [6.45, 7) is 1.87. The molecular formula is C26H21Cl2FN6O2. The standard InChI is InChI=1S/C26H21Cl2FN6O2/c1-14-31-13-35(34-14)17-9-20(27)24(21(28)10-17)26(36)30-12-19(15-4-3-5-16(29)8-15)25-32-22-7-6-18(37-2)11-23(22)33-25/h3-11,13,19H,12H2,1-2H3,(H,30,36)(H,32,33). The largest absolute Gasteiger partial charge is 0.497 e. The number of amides is 1. The number of aromatic amines is 1. The second kappa shape index (κ2) is 10.2. The van der Waals surface area contributed by atoms with E-state index in [1.165, 1.54) is 23.1 Å². The van der Waals surface area contributed by atoms with Gasteiger partial charge in [-0.1, -0.05) is 35.3 Å². The fourth-order valence-electron chi connectivity index (χ4n) is 4.06. The van der Waals surface area contributed by atoms with Crippen LogP contribution in [0.25, 0.3) is 16.7 Å². The monoisotopic (exact) mass is 538 g/mol. The fraction of sp³-hybridized carbons (Fsp3) is 0.154. The summed E-state index contributed by atoms with van der Waals surface area (Å²) in [5.41, 5.74) is 2.81. The summed E-state index contributed by atoms with van der Waals surface area (Å²) in [6.07, 6.45) is 1.53. The minimum atomic E-state index is -0.479. The van der Waals surface area contributed by atoms with Gasteiger partial charge in [-0.15, -0.1) is 0 Å². The number of methoxy groups -OCH3 is 1. The van der Waals surface area contributed by atoms with Gasteiger partial charge in [0.25, 0.3) is 5.91 Å². The van der Waals surface area contributed by atoms with Crippen LogP contribution in [0.15, 0.2) is 60.9 Å². The molecule has 5 aromatic rings. The average molecular weight is 539 g/mol. The first-order chi connectivity index (χ1) is 17.8. The van der Waals surface area contributed by atoms with Crippen LogP contribution in [0.1, 0.15) is 33.5 Å². The maximum Gasteiger partial charge on any atom is 0.254 e. The Morgan fingerprint density at radius 3 is 2.62 bits per heavy atom. The van der Waals surface area contributed by atoms with Gasteiger partial charge < -0.3 is 15.0 Å². The number of hydrogen-bond acceptors (Lipinski definition) is 5. The van der Waals surface area contributed by atoms with E-state index in [4.69, 9.17) is 27.9 Å². The minimum absolute atomic E-state index is 0.107. The molecule has 1 unspecified atom stereocenters. The maximum absolute atomic E-state index is 14.1. The third-order valence-corrected chi connectivity index (χ3v) is 6.48. The van der Waals surface area contributed by atoms with Gasteiger partial charge in [-0.25, -0.2) is 19.0 Å². The molecule has 2 heterocycles. The van der Waals surface area contributed by atoms with Crippen LogP contribution >= 0.6 is 23.2 Å². The average Bonchev–Trinajstić information content (AvgIpc) is 3.49. The minimum Gasteiger partial charge on any atom is -0.497 e. The van der Waals surface area contributed by atoms with Crippen LogP contribution < -0.4 is 10.1 Å². The highest BCUT2D eigenvalue weighted by molar-refractivity contribution is 6.40. The quantitative estimate of drug-likeness (QED) is 0.286. The van der Waals surface area contributed by atoms with E-state index in [1.54, 1.807) is 44.4 Å². The Morgan fingerprint density at radius 2 is 1.95 bits per heavy atom. The van der Waals surface area contributed by atoms with Crippen LogP contribution in [0, 0.1) is 12.7 Å². The van der Waals surface area contributed by atoms with E-state index in [-0.39, 0.29) is 22.2 Å². The number of fused-ring (bicyclic) bond motifs is 1. The van der Waals surface area contributed by atoms with Crippen LogP contribution in [0.4, 0.5) is 4.39 Å². The lowest BCUT2D eigenvalue weighted by Crippen LogP contribution is -2.30. The molecule has 0 aliphatic carbocycles. The Morgan fingerprint density at radius 1 is 1.16 bits per heavy atom. The lowest BCUT2D eigenvalue weighted by atomic mass is 9.98. The third-order valence-electron chi connectivity index (χ3n) is 5.88. The first kappa shape index (κ1) is 24.7. The number of ether oxygens (including phenoxy) is 1. The summed E-state index contributed by atoms with van der Waals surface area (Å²) < 4.78 is 20.9.